The first-order chi connectivity index (χ1) is 7.81. The molecule has 0 aliphatic carbocycles. The van der Waals surface area contributed by atoms with E-state index in [1.54, 1.807) is 12.1 Å². The van der Waals surface area contributed by atoms with Crippen molar-refractivity contribution >= 4 is 11.7 Å². The van der Waals surface area contributed by atoms with Gasteiger partial charge in [0.15, 0.2) is 0 Å². The first kappa shape index (κ1) is 13.3. The number of benzene rings is 1. The average Bonchev–Trinajstić information content (AvgIpc) is 2.24. The van der Waals surface area contributed by atoms with E-state index >= 15 is 0 Å². The molecule has 0 heterocycles. The predicted octanol–water partition coefficient (Wildman–Crippen LogP) is 2.85. The van der Waals surface area contributed by atoms with E-state index in [0.29, 0.717) is 5.56 Å². The van der Waals surface area contributed by atoms with Gasteiger partial charge in [-0.05, 0) is 18.6 Å². The van der Waals surface area contributed by atoms with Gasteiger partial charge in [-0.1, -0.05) is 18.2 Å². The van der Waals surface area contributed by atoms with Gasteiger partial charge in [-0.25, -0.2) is 0 Å². The molecule has 0 aliphatic rings. The summed E-state index contributed by atoms with van der Waals surface area (Å²) in [6.45, 7) is 0.243. The summed E-state index contributed by atoms with van der Waals surface area (Å²) in [7, 11) is 0. The van der Waals surface area contributed by atoms with Crippen LogP contribution in [0.5, 0.6) is 0 Å². The number of para-hydroxylation sites is 1. The number of anilines is 1. The monoisotopic (exact) mass is 247 g/mol. The van der Waals surface area contributed by atoms with E-state index in [0.717, 1.165) is 0 Å². The standard InChI is InChI=1S/C11H12F3NO2/c1-7(10(16)17)8-4-2-3-5-9(8)15-6-11(12,13)14/h2-5,7,15H,6H2,1H3,(H,16,17). The minimum Gasteiger partial charge on any atom is -0.481 e. The third kappa shape index (κ3) is 3.97. The van der Waals surface area contributed by atoms with E-state index in [-0.39, 0.29) is 5.69 Å². The van der Waals surface area contributed by atoms with Crippen molar-refractivity contribution in [3.05, 3.63) is 29.8 Å². The SMILES string of the molecule is CC(C(=O)O)c1ccccc1NCC(F)(F)F. The van der Waals surface area contributed by atoms with Crippen LogP contribution in [0.25, 0.3) is 0 Å². The van der Waals surface area contributed by atoms with Crippen LogP contribution in [0, 0.1) is 0 Å². The second-order valence-electron chi connectivity index (χ2n) is 3.62. The molecule has 6 heteroatoms. The van der Waals surface area contributed by atoms with Crippen LogP contribution < -0.4 is 5.32 Å². The predicted molar refractivity (Wildman–Crippen MR) is 57.0 cm³/mol. The number of carboxylic acid groups (broad SMARTS) is 1. The Morgan fingerprint density at radius 1 is 1.41 bits per heavy atom. The molecule has 1 aromatic carbocycles. The van der Waals surface area contributed by atoms with Gasteiger partial charge in [0, 0.05) is 5.69 Å². The van der Waals surface area contributed by atoms with E-state index < -0.39 is 24.6 Å². The van der Waals surface area contributed by atoms with Crippen molar-refractivity contribution in [2.24, 2.45) is 0 Å². The average molecular weight is 247 g/mol. The zero-order chi connectivity index (χ0) is 13.1. The van der Waals surface area contributed by atoms with Crippen LogP contribution in [-0.2, 0) is 4.79 Å². The maximum absolute atomic E-state index is 12.1. The summed E-state index contributed by atoms with van der Waals surface area (Å²) in [6, 6.07) is 6.07. The summed E-state index contributed by atoms with van der Waals surface area (Å²) in [6.07, 6.45) is -4.33. The molecule has 2 N–H and O–H groups in total. The van der Waals surface area contributed by atoms with E-state index in [2.05, 4.69) is 5.32 Å². The highest BCUT2D eigenvalue weighted by atomic mass is 19.4. The fourth-order valence-electron chi connectivity index (χ4n) is 1.36. The van der Waals surface area contributed by atoms with E-state index in [4.69, 9.17) is 5.11 Å². The summed E-state index contributed by atoms with van der Waals surface area (Å²) >= 11 is 0. The Balaban J connectivity index is 2.89. The lowest BCUT2D eigenvalue weighted by Crippen LogP contribution is -2.22. The Bertz CT molecular complexity index is 404. The fourth-order valence-corrected chi connectivity index (χ4v) is 1.36. The van der Waals surface area contributed by atoms with Crippen molar-refractivity contribution in [2.45, 2.75) is 19.0 Å². The fraction of sp³-hybridized carbons (Fsp3) is 0.364. The van der Waals surface area contributed by atoms with Gasteiger partial charge in [0.2, 0.25) is 0 Å². The van der Waals surface area contributed by atoms with Crippen molar-refractivity contribution in [2.75, 3.05) is 11.9 Å². The van der Waals surface area contributed by atoms with Gasteiger partial charge in [-0.3, -0.25) is 4.79 Å². The third-order valence-electron chi connectivity index (χ3n) is 2.28. The molecule has 0 radical (unpaired) electrons. The Morgan fingerprint density at radius 3 is 2.53 bits per heavy atom. The van der Waals surface area contributed by atoms with Crippen LogP contribution in [0.3, 0.4) is 0 Å². The molecule has 17 heavy (non-hydrogen) atoms. The number of rotatable bonds is 4. The van der Waals surface area contributed by atoms with Gasteiger partial charge in [0.05, 0.1) is 5.92 Å². The minimum atomic E-state index is -4.33. The normalized spacial score (nSPS) is 13.2. The zero-order valence-electron chi connectivity index (χ0n) is 9.08. The number of aliphatic carboxylic acids is 1. The van der Waals surface area contributed by atoms with Gasteiger partial charge < -0.3 is 10.4 Å². The summed E-state index contributed by atoms with van der Waals surface area (Å²) in [5, 5.41) is 11.0. The summed E-state index contributed by atoms with van der Waals surface area (Å²) in [4.78, 5) is 10.8. The first-order valence-corrected chi connectivity index (χ1v) is 4.93. The first-order valence-electron chi connectivity index (χ1n) is 4.93. The number of hydrogen-bond acceptors (Lipinski definition) is 2. The number of hydrogen-bond donors (Lipinski definition) is 2. The summed E-state index contributed by atoms with van der Waals surface area (Å²) < 4.78 is 36.2. The Morgan fingerprint density at radius 2 is 2.00 bits per heavy atom. The van der Waals surface area contributed by atoms with Crippen molar-refractivity contribution in [1.82, 2.24) is 0 Å². The van der Waals surface area contributed by atoms with E-state index in [1.807, 2.05) is 0 Å². The lowest BCUT2D eigenvalue weighted by atomic mass is 9.99. The molecular formula is C11H12F3NO2. The van der Waals surface area contributed by atoms with Gasteiger partial charge in [-0.15, -0.1) is 0 Å². The van der Waals surface area contributed by atoms with Crippen molar-refractivity contribution in [3.63, 3.8) is 0 Å². The van der Waals surface area contributed by atoms with Gasteiger partial charge in [0.1, 0.15) is 6.54 Å². The Hall–Kier alpha value is -1.72. The molecule has 0 bridgehead atoms. The highest BCUT2D eigenvalue weighted by Gasteiger charge is 2.27. The molecule has 0 fully saturated rings. The number of nitrogens with one attached hydrogen (secondary N) is 1. The van der Waals surface area contributed by atoms with Crippen LogP contribution in [0.1, 0.15) is 18.4 Å². The third-order valence-corrected chi connectivity index (χ3v) is 2.28. The molecule has 1 aromatic rings. The lowest BCUT2D eigenvalue weighted by molar-refractivity contribution is -0.138. The smallest absolute Gasteiger partial charge is 0.405 e. The molecule has 0 saturated heterocycles. The van der Waals surface area contributed by atoms with Crippen LogP contribution in [-0.4, -0.2) is 23.8 Å². The molecule has 1 rings (SSSR count). The molecule has 3 nitrogen and oxygen atoms in total. The molecule has 0 spiro atoms. The van der Waals surface area contributed by atoms with E-state index in [1.165, 1.54) is 19.1 Å². The van der Waals surface area contributed by atoms with Crippen LogP contribution >= 0.6 is 0 Å². The van der Waals surface area contributed by atoms with Crippen molar-refractivity contribution < 1.29 is 23.1 Å². The second kappa shape index (κ2) is 5.07. The number of carbonyl (C=O) groups is 1. The zero-order valence-corrected chi connectivity index (χ0v) is 9.08. The summed E-state index contributed by atoms with van der Waals surface area (Å²) in [5.74, 6) is -1.93. The molecule has 0 amide bonds. The van der Waals surface area contributed by atoms with E-state index in [9.17, 15) is 18.0 Å². The van der Waals surface area contributed by atoms with Crippen molar-refractivity contribution in [1.29, 1.82) is 0 Å². The molecule has 1 atom stereocenters. The number of halogens is 3. The second-order valence-corrected chi connectivity index (χ2v) is 3.62. The summed E-state index contributed by atoms with van der Waals surface area (Å²) in [5.41, 5.74) is 0.531. The molecule has 1 unspecified atom stereocenters. The minimum absolute atomic E-state index is 0.194. The largest absolute Gasteiger partial charge is 0.481 e. The Kier molecular flexibility index (Phi) is 3.98. The van der Waals surface area contributed by atoms with Crippen LogP contribution in [0.2, 0.25) is 0 Å². The number of carboxylic acids is 1. The van der Waals surface area contributed by atoms with Crippen LogP contribution in [0.15, 0.2) is 24.3 Å². The van der Waals surface area contributed by atoms with Gasteiger partial charge in [-0.2, -0.15) is 13.2 Å². The van der Waals surface area contributed by atoms with Gasteiger partial charge >= 0.3 is 12.1 Å². The van der Waals surface area contributed by atoms with Crippen LogP contribution in [0.4, 0.5) is 18.9 Å². The number of alkyl halides is 3. The maximum atomic E-state index is 12.1. The lowest BCUT2D eigenvalue weighted by Gasteiger charge is -2.15. The molecule has 0 aromatic heterocycles. The molecule has 0 aliphatic heterocycles. The quantitative estimate of drug-likeness (QED) is 0.860. The molecule has 0 saturated carbocycles. The molecular weight excluding hydrogens is 235 g/mol. The molecule has 94 valence electrons. The maximum Gasteiger partial charge on any atom is 0.405 e. The van der Waals surface area contributed by atoms with Gasteiger partial charge in [0.25, 0.3) is 0 Å². The Labute approximate surface area is 96.3 Å². The highest BCUT2D eigenvalue weighted by molar-refractivity contribution is 5.78. The highest BCUT2D eigenvalue weighted by Crippen LogP contribution is 2.25. The van der Waals surface area contributed by atoms with Crippen molar-refractivity contribution in [3.8, 4) is 0 Å². The topological polar surface area (TPSA) is 49.3 Å².